The molecule has 0 unspecified atom stereocenters. The van der Waals surface area contributed by atoms with E-state index in [9.17, 15) is 0 Å². The van der Waals surface area contributed by atoms with Gasteiger partial charge in [-0.05, 0) is 30.4 Å². The second-order valence-electron chi connectivity index (χ2n) is 3.83. The molecule has 2 heteroatoms. The Kier molecular flexibility index (Phi) is 6.05. The van der Waals surface area contributed by atoms with Crippen LogP contribution in [0.15, 0.2) is 24.3 Å². The average Bonchev–Trinajstić information content (AvgIpc) is 2.29. The molecule has 0 atom stereocenters. The minimum absolute atomic E-state index is 0.309. The molecule has 15 heavy (non-hydrogen) atoms. The van der Waals surface area contributed by atoms with Crippen molar-refractivity contribution >= 4 is 0 Å². The molecule has 0 aliphatic heterocycles. The average molecular weight is 206 g/mol. The molecule has 1 aromatic carbocycles. The van der Waals surface area contributed by atoms with Crippen molar-refractivity contribution in [2.45, 2.75) is 38.6 Å². The molecule has 0 heterocycles. The number of aliphatic hydroxyl groups excluding tert-OH is 1. The Balaban J connectivity index is 2.30. The molecular formula is C13H20NO. The van der Waals surface area contributed by atoms with Crippen molar-refractivity contribution in [3.8, 4) is 0 Å². The zero-order valence-electron chi connectivity index (χ0n) is 9.21. The van der Waals surface area contributed by atoms with Crippen molar-refractivity contribution in [3.63, 3.8) is 0 Å². The first-order valence-corrected chi connectivity index (χ1v) is 5.70. The Bertz CT molecular complexity index is 273. The fourth-order valence-electron chi connectivity index (χ4n) is 1.75. The van der Waals surface area contributed by atoms with E-state index in [0.29, 0.717) is 13.2 Å². The molecule has 0 bridgehead atoms. The number of aliphatic hydroxyl groups is 1. The van der Waals surface area contributed by atoms with Gasteiger partial charge in [-0.25, -0.2) is 0 Å². The first-order valence-electron chi connectivity index (χ1n) is 5.70. The SMILES string of the molecule is [NH]Cc1ccccc1CCCCCCO. The monoisotopic (exact) mass is 206 g/mol. The van der Waals surface area contributed by atoms with Crippen molar-refractivity contribution in [2.75, 3.05) is 6.61 Å². The van der Waals surface area contributed by atoms with Gasteiger partial charge in [0.2, 0.25) is 0 Å². The van der Waals surface area contributed by atoms with Crippen LogP contribution in [0.1, 0.15) is 36.8 Å². The lowest BCUT2D eigenvalue weighted by atomic mass is 10.0. The molecule has 1 aromatic rings. The van der Waals surface area contributed by atoms with Gasteiger partial charge in [0, 0.05) is 13.2 Å². The van der Waals surface area contributed by atoms with Crippen LogP contribution in [-0.4, -0.2) is 11.7 Å². The van der Waals surface area contributed by atoms with Gasteiger partial charge in [0.25, 0.3) is 0 Å². The van der Waals surface area contributed by atoms with Gasteiger partial charge in [0.15, 0.2) is 0 Å². The van der Waals surface area contributed by atoms with Crippen molar-refractivity contribution in [1.29, 1.82) is 0 Å². The number of hydrogen-bond donors (Lipinski definition) is 1. The molecule has 0 saturated carbocycles. The Morgan fingerprint density at radius 2 is 1.60 bits per heavy atom. The summed E-state index contributed by atoms with van der Waals surface area (Å²) in [7, 11) is 0. The van der Waals surface area contributed by atoms with E-state index in [1.54, 1.807) is 0 Å². The van der Waals surface area contributed by atoms with Gasteiger partial charge >= 0.3 is 0 Å². The smallest absolute Gasteiger partial charge is 0.0431 e. The summed E-state index contributed by atoms with van der Waals surface area (Å²) < 4.78 is 0. The molecule has 2 nitrogen and oxygen atoms in total. The van der Waals surface area contributed by atoms with Gasteiger partial charge in [0.05, 0.1) is 0 Å². The Hall–Kier alpha value is -0.860. The van der Waals surface area contributed by atoms with Crippen molar-refractivity contribution in [1.82, 2.24) is 5.73 Å². The summed E-state index contributed by atoms with van der Waals surface area (Å²) in [4.78, 5) is 0. The Morgan fingerprint density at radius 3 is 2.27 bits per heavy atom. The molecule has 0 fully saturated rings. The van der Waals surface area contributed by atoms with Gasteiger partial charge < -0.3 is 5.11 Å². The maximum Gasteiger partial charge on any atom is 0.0431 e. The molecule has 2 N–H and O–H groups in total. The number of unbranched alkanes of at least 4 members (excludes halogenated alkanes) is 3. The zero-order chi connectivity index (χ0) is 10.9. The summed E-state index contributed by atoms with van der Waals surface area (Å²) in [6.07, 6.45) is 5.43. The lowest BCUT2D eigenvalue weighted by Crippen LogP contribution is -1.95. The topological polar surface area (TPSA) is 44.0 Å². The highest BCUT2D eigenvalue weighted by molar-refractivity contribution is 5.26. The summed E-state index contributed by atoms with van der Waals surface area (Å²) in [6, 6.07) is 8.20. The molecule has 0 saturated heterocycles. The Morgan fingerprint density at radius 1 is 0.933 bits per heavy atom. The van der Waals surface area contributed by atoms with Crippen LogP contribution in [0.2, 0.25) is 0 Å². The molecular weight excluding hydrogens is 186 g/mol. The number of aryl methyl sites for hydroxylation is 1. The minimum Gasteiger partial charge on any atom is -0.396 e. The summed E-state index contributed by atoms with van der Waals surface area (Å²) >= 11 is 0. The van der Waals surface area contributed by atoms with E-state index in [1.807, 2.05) is 18.2 Å². The van der Waals surface area contributed by atoms with E-state index in [2.05, 4.69) is 6.07 Å². The highest BCUT2D eigenvalue weighted by Crippen LogP contribution is 2.12. The van der Waals surface area contributed by atoms with Crippen LogP contribution in [0.4, 0.5) is 0 Å². The van der Waals surface area contributed by atoms with Crippen LogP contribution in [0.25, 0.3) is 0 Å². The third-order valence-electron chi connectivity index (χ3n) is 2.66. The summed E-state index contributed by atoms with van der Waals surface area (Å²) in [5.41, 5.74) is 9.87. The molecule has 0 aliphatic rings. The minimum atomic E-state index is 0.309. The number of nitrogens with one attached hydrogen (secondary N) is 1. The maximum absolute atomic E-state index is 8.64. The molecule has 83 valence electrons. The van der Waals surface area contributed by atoms with Gasteiger partial charge in [-0.1, -0.05) is 37.1 Å². The van der Waals surface area contributed by atoms with Gasteiger partial charge in [-0.2, -0.15) is 0 Å². The van der Waals surface area contributed by atoms with Gasteiger partial charge in [0.1, 0.15) is 0 Å². The predicted molar refractivity (Wildman–Crippen MR) is 62.5 cm³/mol. The molecule has 0 spiro atoms. The van der Waals surface area contributed by atoms with E-state index in [4.69, 9.17) is 10.8 Å². The fraction of sp³-hybridized carbons (Fsp3) is 0.538. The fourth-order valence-corrected chi connectivity index (χ4v) is 1.75. The van der Waals surface area contributed by atoms with E-state index in [1.165, 1.54) is 12.0 Å². The lowest BCUT2D eigenvalue weighted by molar-refractivity contribution is 0.282. The molecule has 1 radical (unpaired) electrons. The number of hydrogen-bond acceptors (Lipinski definition) is 1. The number of benzene rings is 1. The van der Waals surface area contributed by atoms with Crippen molar-refractivity contribution in [3.05, 3.63) is 35.4 Å². The summed E-state index contributed by atoms with van der Waals surface area (Å²) in [5.74, 6) is 0. The first-order chi connectivity index (χ1) is 7.38. The summed E-state index contributed by atoms with van der Waals surface area (Å²) in [5, 5.41) is 8.64. The molecule has 0 aromatic heterocycles. The quantitative estimate of drug-likeness (QED) is 0.685. The molecule has 0 amide bonds. The first kappa shape index (κ1) is 12.2. The van der Waals surface area contributed by atoms with Crippen LogP contribution < -0.4 is 5.73 Å². The lowest BCUT2D eigenvalue weighted by Gasteiger charge is -2.06. The largest absolute Gasteiger partial charge is 0.396 e. The van der Waals surface area contributed by atoms with Crippen LogP contribution in [0.5, 0.6) is 0 Å². The normalized spacial score (nSPS) is 10.5. The molecule has 1 rings (SSSR count). The van der Waals surface area contributed by atoms with Crippen LogP contribution >= 0.6 is 0 Å². The standard InChI is InChI=1S/C13H20NO/c14-11-13-9-5-4-8-12(13)7-3-1-2-6-10-15/h4-5,8-9,14-15H,1-3,6-7,10-11H2. The predicted octanol–water partition coefficient (Wildman–Crippen LogP) is 2.56. The maximum atomic E-state index is 8.64. The van der Waals surface area contributed by atoms with Crippen LogP contribution in [0, 0.1) is 0 Å². The van der Waals surface area contributed by atoms with E-state index >= 15 is 0 Å². The van der Waals surface area contributed by atoms with Gasteiger partial charge in [-0.15, -0.1) is 0 Å². The molecule has 0 aliphatic carbocycles. The van der Waals surface area contributed by atoms with Crippen LogP contribution in [-0.2, 0) is 13.0 Å². The second kappa shape index (κ2) is 7.43. The van der Waals surface area contributed by atoms with Gasteiger partial charge in [-0.3, -0.25) is 5.73 Å². The van der Waals surface area contributed by atoms with Crippen LogP contribution in [0.3, 0.4) is 0 Å². The van der Waals surface area contributed by atoms with E-state index in [0.717, 1.165) is 31.2 Å². The third-order valence-corrected chi connectivity index (χ3v) is 2.66. The van der Waals surface area contributed by atoms with E-state index < -0.39 is 0 Å². The number of rotatable bonds is 7. The Labute approximate surface area is 92.1 Å². The van der Waals surface area contributed by atoms with Crippen molar-refractivity contribution in [2.24, 2.45) is 0 Å². The van der Waals surface area contributed by atoms with E-state index in [-0.39, 0.29) is 0 Å². The third kappa shape index (κ3) is 4.45. The second-order valence-corrected chi connectivity index (χ2v) is 3.83. The summed E-state index contributed by atoms with van der Waals surface area (Å²) in [6.45, 7) is 0.691. The van der Waals surface area contributed by atoms with Crippen molar-refractivity contribution < 1.29 is 5.11 Å². The zero-order valence-corrected chi connectivity index (χ0v) is 9.21. The highest BCUT2D eigenvalue weighted by Gasteiger charge is 1.99. The highest BCUT2D eigenvalue weighted by atomic mass is 16.2.